The molecule has 8 heteroatoms. The largest absolute Gasteiger partial charge is 0.486 e. The number of ketones is 1. The lowest BCUT2D eigenvalue weighted by Gasteiger charge is -2.34. The lowest BCUT2D eigenvalue weighted by molar-refractivity contribution is 0.0925. The molecule has 0 saturated carbocycles. The van der Waals surface area contributed by atoms with E-state index in [-0.39, 0.29) is 5.78 Å². The molecule has 2 aliphatic heterocycles. The van der Waals surface area contributed by atoms with Crippen LogP contribution in [0, 0.1) is 13.8 Å². The van der Waals surface area contributed by atoms with E-state index in [1.807, 2.05) is 44.2 Å². The van der Waals surface area contributed by atoms with Crippen LogP contribution in [-0.4, -0.2) is 71.2 Å². The molecule has 1 saturated heterocycles. The Morgan fingerprint density at radius 2 is 1.69 bits per heavy atom. The van der Waals surface area contributed by atoms with Crippen LogP contribution < -0.4 is 14.4 Å². The van der Waals surface area contributed by atoms with Crippen molar-refractivity contribution in [2.24, 2.45) is 0 Å². The summed E-state index contributed by atoms with van der Waals surface area (Å²) in [6, 6.07) is 9.72. The number of aryl methyl sites for hydroxylation is 1. The first-order valence-electron chi connectivity index (χ1n) is 11.0. The van der Waals surface area contributed by atoms with Crippen molar-refractivity contribution in [3.8, 4) is 17.2 Å². The van der Waals surface area contributed by atoms with Gasteiger partial charge in [-0.2, -0.15) is 0 Å². The molecule has 3 aromatic rings. The molecular formula is C24H27N5O3. The van der Waals surface area contributed by atoms with Crippen molar-refractivity contribution in [2.75, 3.05) is 50.8 Å². The van der Waals surface area contributed by atoms with Gasteiger partial charge in [-0.3, -0.25) is 9.69 Å². The molecule has 2 aromatic heterocycles. The van der Waals surface area contributed by atoms with E-state index in [2.05, 4.69) is 24.3 Å². The normalized spacial score (nSPS) is 16.2. The van der Waals surface area contributed by atoms with Gasteiger partial charge in [0.15, 0.2) is 17.3 Å². The van der Waals surface area contributed by atoms with Gasteiger partial charge in [0.2, 0.25) is 5.95 Å². The fraction of sp³-hybridized carbons (Fsp3) is 0.375. The molecule has 1 fully saturated rings. The maximum absolute atomic E-state index is 13.2. The molecule has 0 amide bonds. The average molecular weight is 434 g/mol. The van der Waals surface area contributed by atoms with Gasteiger partial charge < -0.3 is 18.9 Å². The van der Waals surface area contributed by atoms with E-state index in [0.29, 0.717) is 19.8 Å². The minimum atomic E-state index is 0.145. The van der Waals surface area contributed by atoms with E-state index in [0.717, 1.165) is 66.3 Å². The van der Waals surface area contributed by atoms with E-state index in [4.69, 9.17) is 9.47 Å². The minimum Gasteiger partial charge on any atom is -0.486 e. The molecule has 1 aromatic carbocycles. The Morgan fingerprint density at radius 3 is 2.44 bits per heavy atom. The number of carbonyl (C=O) groups is 1. The van der Waals surface area contributed by atoms with Gasteiger partial charge in [-0.15, -0.1) is 0 Å². The predicted molar refractivity (Wildman–Crippen MR) is 121 cm³/mol. The number of hydrogen-bond donors (Lipinski definition) is 0. The quantitative estimate of drug-likeness (QED) is 0.573. The highest BCUT2D eigenvalue weighted by molar-refractivity contribution is 5.99. The summed E-state index contributed by atoms with van der Waals surface area (Å²) >= 11 is 0. The smallest absolute Gasteiger partial charge is 0.225 e. The van der Waals surface area contributed by atoms with Crippen LogP contribution in [0.25, 0.3) is 5.69 Å². The summed E-state index contributed by atoms with van der Waals surface area (Å²) in [7, 11) is 0. The number of benzene rings is 1. The van der Waals surface area contributed by atoms with Crippen molar-refractivity contribution in [2.45, 2.75) is 13.8 Å². The topological polar surface area (TPSA) is 72.7 Å². The Kier molecular flexibility index (Phi) is 5.53. The highest BCUT2D eigenvalue weighted by Crippen LogP contribution is 2.33. The Labute approximate surface area is 187 Å². The predicted octanol–water partition coefficient (Wildman–Crippen LogP) is 2.66. The molecule has 8 nitrogen and oxygen atoms in total. The molecule has 0 spiro atoms. The number of Topliss-reactive ketones (excluding diaryl/α,β-unsaturated/α-hetero) is 1. The van der Waals surface area contributed by atoms with Gasteiger partial charge in [-0.25, -0.2) is 9.97 Å². The van der Waals surface area contributed by atoms with Crippen LogP contribution in [0.4, 0.5) is 5.95 Å². The molecule has 2 aliphatic rings. The summed E-state index contributed by atoms with van der Waals surface area (Å²) in [5.41, 5.74) is 3.71. The zero-order chi connectivity index (χ0) is 22.1. The van der Waals surface area contributed by atoms with Crippen LogP contribution in [0.3, 0.4) is 0 Å². The highest BCUT2D eigenvalue weighted by atomic mass is 16.6. The third-order valence-corrected chi connectivity index (χ3v) is 6.09. The minimum absolute atomic E-state index is 0.145. The zero-order valence-corrected chi connectivity index (χ0v) is 18.5. The van der Waals surface area contributed by atoms with Crippen molar-refractivity contribution in [1.29, 1.82) is 0 Å². The molecular weight excluding hydrogens is 406 g/mol. The third-order valence-electron chi connectivity index (χ3n) is 6.09. The summed E-state index contributed by atoms with van der Waals surface area (Å²) < 4.78 is 13.5. The van der Waals surface area contributed by atoms with Crippen LogP contribution in [0.15, 0.2) is 42.7 Å². The number of rotatable bonds is 5. The molecule has 0 aliphatic carbocycles. The Bertz CT molecular complexity index is 1120. The average Bonchev–Trinajstić information content (AvgIpc) is 3.13. The monoisotopic (exact) mass is 433 g/mol. The third kappa shape index (κ3) is 3.93. The van der Waals surface area contributed by atoms with Crippen molar-refractivity contribution >= 4 is 11.7 Å². The number of nitrogens with zero attached hydrogens (tertiary/aromatic N) is 5. The summed E-state index contributed by atoms with van der Waals surface area (Å²) in [6.45, 7) is 8.80. The van der Waals surface area contributed by atoms with Gasteiger partial charge in [0.05, 0.1) is 6.54 Å². The van der Waals surface area contributed by atoms with Crippen molar-refractivity contribution < 1.29 is 14.3 Å². The van der Waals surface area contributed by atoms with Crippen LogP contribution in [0.1, 0.15) is 21.7 Å². The SMILES string of the molecule is Cc1cc(C(=O)CN2CCN(c3ncccn3)CC2)c(C)n1-c1ccc2c(c1)OCCO2. The van der Waals surface area contributed by atoms with Crippen molar-refractivity contribution in [3.05, 3.63) is 59.7 Å². The fourth-order valence-corrected chi connectivity index (χ4v) is 4.46. The van der Waals surface area contributed by atoms with E-state index >= 15 is 0 Å². The maximum Gasteiger partial charge on any atom is 0.225 e. The number of carbonyl (C=O) groups excluding carboxylic acids is 1. The number of piperazine rings is 1. The lowest BCUT2D eigenvalue weighted by atomic mass is 10.1. The Morgan fingerprint density at radius 1 is 0.969 bits per heavy atom. The van der Waals surface area contributed by atoms with Gasteiger partial charge in [0.25, 0.3) is 0 Å². The molecule has 0 radical (unpaired) electrons. The zero-order valence-electron chi connectivity index (χ0n) is 18.5. The first-order chi connectivity index (χ1) is 15.6. The lowest BCUT2D eigenvalue weighted by Crippen LogP contribution is -2.48. The van der Waals surface area contributed by atoms with E-state index < -0.39 is 0 Å². The number of fused-ring (bicyclic) bond motifs is 1. The Balaban J connectivity index is 1.28. The molecule has 5 rings (SSSR count). The van der Waals surface area contributed by atoms with Crippen LogP contribution >= 0.6 is 0 Å². The summed E-state index contributed by atoms with van der Waals surface area (Å²) in [6.07, 6.45) is 3.52. The summed E-state index contributed by atoms with van der Waals surface area (Å²) in [5, 5.41) is 0. The van der Waals surface area contributed by atoms with Crippen molar-refractivity contribution in [3.63, 3.8) is 0 Å². The number of ether oxygens (including phenoxy) is 2. The molecule has 4 heterocycles. The first-order valence-corrected chi connectivity index (χ1v) is 11.0. The van der Waals surface area contributed by atoms with Gasteiger partial charge in [-0.1, -0.05) is 0 Å². The van der Waals surface area contributed by atoms with E-state index in [1.165, 1.54) is 0 Å². The van der Waals surface area contributed by atoms with Crippen LogP contribution in [-0.2, 0) is 0 Å². The van der Waals surface area contributed by atoms with Gasteiger partial charge in [-0.05, 0) is 38.1 Å². The molecule has 0 atom stereocenters. The molecule has 32 heavy (non-hydrogen) atoms. The second-order valence-electron chi connectivity index (χ2n) is 8.18. The summed E-state index contributed by atoms with van der Waals surface area (Å²) in [4.78, 5) is 26.2. The van der Waals surface area contributed by atoms with Crippen LogP contribution in [0.2, 0.25) is 0 Å². The number of anilines is 1. The standard InChI is InChI=1S/C24H27N5O3/c1-17-14-20(18(2)29(17)19-4-5-22-23(15-19)32-13-12-31-22)21(30)16-27-8-10-28(11-9-27)24-25-6-3-7-26-24/h3-7,14-15H,8-13,16H2,1-2H3. The highest BCUT2D eigenvalue weighted by Gasteiger charge is 2.24. The van der Waals surface area contributed by atoms with Crippen molar-refractivity contribution in [1.82, 2.24) is 19.4 Å². The van der Waals surface area contributed by atoms with E-state index in [1.54, 1.807) is 12.4 Å². The number of hydrogen-bond acceptors (Lipinski definition) is 7. The van der Waals surface area contributed by atoms with Gasteiger partial charge >= 0.3 is 0 Å². The summed E-state index contributed by atoms with van der Waals surface area (Å²) in [5.74, 6) is 2.40. The second-order valence-corrected chi connectivity index (χ2v) is 8.18. The van der Waals surface area contributed by atoms with Gasteiger partial charge in [0, 0.05) is 67.3 Å². The first kappa shape index (κ1) is 20.5. The van der Waals surface area contributed by atoms with E-state index in [9.17, 15) is 4.79 Å². The second kappa shape index (κ2) is 8.63. The van der Waals surface area contributed by atoms with Gasteiger partial charge in [0.1, 0.15) is 13.2 Å². The molecule has 0 bridgehead atoms. The molecule has 166 valence electrons. The molecule has 0 unspecified atom stereocenters. The Hall–Kier alpha value is -3.39. The van der Waals surface area contributed by atoms with Crippen LogP contribution in [0.5, 0.6) is 11.5 Å². The fourth-order valence-electron chi connectivity index (χ4n) is 4.46. The molecule has 0 N–H and O–H groups in total. The maximum atomic E-state index is 13.2. The number of aromatic nitrogens is 3.